The third-order valence-corrected chi connectivity index (χ3v) is 6.91. The van der Waals surface area contributed by atoms with Crippen LogP contribution in [0.2, 0.25) is 0 Å². The molecule has 3 amide bonds. The highest BCUT2D eigenvalue weighted by Crippen LogP contribution is 2.32. The molecule has 0 saturated carbocycles. The number of nitrogens with one attached hydrogen (secondary N) is 2. The third kappa shape index (κ3) is 7.76. The lowest BCUT2D eigenvalue weighted by Crippen LogP contribution is -2.55. The summed E-state index contributed by atoms with van der Waals surface area (Å²) in [6.45, 7) is 6.04. The highest BCUT2D eigenvalue weighted by Gasteiger charge is 2.39. The maximum atomic E-state index is 13.4. The van der Waals surface area contributed by atoms with Crippen molar-refractivity contribution in [3.8, 4) is 5.75 Å². The lowest BCUT2D eigenvalue weighted by Gasteiger charge is -2.42. The van der Waals surface area contributed by atoms with Gasteiger partial charge in [0.1, 0.15) is 25.1 Å². The molecule has 0 spiro atoms. The van der Waals surface area contributed by atoms with Crippen LogP contribution in [0.3, 0.4) is 0 Å². The molecule has 0 aliphatic carbocycles. The van der Waals surface area contributed by atoms with E-state index in [1.807, 2.05) is 20.8 Å². The maximum absolute atomic E-state index is 13.4. The molecule has 3 atom stereocenters. The topological polar surface area (TPSA) is 106 Å². The highest BCUT2D eigenvalue weighted by molar-refractivity contribution is 6.05. The monoisotopic (exact) mass is 577 g/mol. The average Bonchev–Trinajstić information content (AvgIpc) is 2.92. The van der Waals surface area contributed by atoms with E-state index in [4.69, 9.17) is 14.2 Å². The van der Waals surface area contributed by atoms with Crippen LogP contribution in [0.25, 0.3) is 0 Å². The summed E-state index contributed by atoms with van der Waals surface area (Å²) < 4.78 is 56.1. The lowest BCUT2D eigenvalue weighted by molar-refractivity contribution is -0.137. The van der Waals surface area contributed by atoms with Gasteiger partial charge in [-0.05, 0) is 76.1 Å². The second-order valence-electron chi connectivity index (χ2n) is 11.1. The number of benzene rings is 2. The Morgan fingerprint density at radius 2 is 1.78 bits per heavy atom. The number of amides is 3. The molecule has 12 heteroatoms. The van der Waals surface area contributed by atoms with E-state index in [0.29, 0.717) is 30.8 Å². The Morgan fingerprint density at radius 3 is 2.44 bits per heavy atom. The number of carbonyl (C=O) groups is 3. The van der Waals surface area contributed by atoms with Crippen LogP contribution in [-0.4, -0.2) is 73.3 Å². The van der Waals surface area contributed by atoms with E-state index in [0.717, 1.165) is 24.3 Å². The number of ether oxygens (including phenoxy) is 3. The zero-order chi connectivity index (χ0) is 29.9. The molecule has 2 aromatic carbocycles. The highest BCUT2D eigenvalue weighted by atomic mass is 19.4. The van der Waals surface area contributed by atoms with Crippen molar-refractivity contribution >= 4 is 23.4 Å². The van der Waals surface area contributed by atoms with Crippen LogP contribution in [0.1, 0.15) is 59.9 Å². The van der Waals surface area contributed by atoms with Crippen LogP contribution < -0.4 is 15.4 Å². The number of rotatable bonds is 6. The SMILES string of the molecule is CN1C(=O)c2cc(NC(=O)c3ccc(C(F)(F)F)cc3)ccc2OC[C@@H]2O[C@H](CNC(=O)COC(C)(C)C)CC[C@@H]21. The predicted molar refractivity (Wildman–Crippen MR) is 144 cm³/mol. The molecule has 4 rings (SSSR count). The Bertz CT molecular complexity index is 1280. The molecule has 2 aliphatic heterocycles. The summed E-state index contributed by atoms with van der Waals surface area (Å²) in [7, 11) is 1.68. The standard InChI is InChI=1S/C29H34F3N3O6/c1-28(2,3)40-16-25(36)33-14-20-10-11-22-24(41-20)15-39-23-12-9-19(13-21(23)27(38)35(22)4)34-26(37)17-5-7-18(8-6-17)29(30,31)32/h5-9,12-13,20,22,24H,10-11,14-16H2,1-4H3,(H,33,36)(H,34,37)/t20-,22-,24-/m0/s1. The van der Waals surface area contributed by atoms with Gasteiger partial charge in [0.25, 0.3) is 11.8 Å². The number of fused-ring (bicyclic) bond motifs is 2. The van der Waals surface area contributed by atoms with Crippen molar-refractivity contribution in [3.05, 3.63) is 59.2 Å². The minimum absolute atomic E-state index is 0.0408. The molecular formula is C29H34F3N3O6. The van der Waals surface area contributed by atoms with Crippen LogP contribution in [0.15, 0.2) is 42.5 Å². The van der Waals surface area contributed by atoms with Crippen LogP contribution in [-0.2, 0) is 20.4 Å². The molecule has 0 unspecified atom stereocenters. The fraction of sp³-hybridized carbons (Fsp3) is 0.483. The number of hydrogen-bond acceptors (Lipinski definition) is 6. The van der Waals surface area contributed by atoms with E-state index in [1.165, 1.54) is 6.07 Å². The van der Waals surface area contributed by atoms with Gasteiger partial charge in [-0.15, -0.1) is 0 Å². The van der Waals surface area contributed by atoms with E-state index in [1.54, 1.807) is 24.1 Å². The first-order chi connectivity index (χ1) is 19.2. The van der Waals surface area contributed by atoms with Crippen molar-refractivity contribution in [3.63, 3.8) is 0 Å². The fourth-order valence-electron chi connectivity index (χ4n) is 4.68. The Morgan fingerprint density at radius 1 is 1.07 bits per heavy atom. The smallest absolute Gasteiger partial charge is 0.416 e. The summed E-state index contributed by atoms with van der Waals surface area (Å²) in [5.41, 5.74) is -0.702. The molecule has 1 saturated heterocycles. The number of carbonyl (C=O) groups excluding carboxylic acids is 3. The van der Waals surface area contributed by atoms with Crippen molar-refractivity contribution < 1.29 is 41.8 Å². The zero-order valence-corrected chi connectivity index (χ0v) is 23.3. The minimum Gasteiger partial charge on any atom is -0.490 e. The molecule has 2 heterocycles. The van der Waals surface area contributed by atoms with Crippen LogP contribution >= 0.6 is 0 Å². The molecule has 2 N–H and O–H groups in total. The van der Waals surface area contributed by atoms with Gasteiger partial charge in [-0.2, -0.15) is 13.2 Å². The molecule has 9 nitrogen and oxygen atoms in total. The number of anilines is 1. The van der Waals surface area contributed by atoms with Gasteiger partial charge in [-0.25, -0.2) is 0 Å². The van der Waals surface area contributed by atoms with Crippen molar-refractivity contribution in [1.29, 1.82) is 0 Å². The van der Waals surface area contributed by atoms with Gasteiger partial charge >= 0.3 is 6.18 Å². The van der Waals surface area contributed by atoms with E-state index in [-0.39, 0.29) is 48.3 Å². The van der Waals surface area contributed by atoms with Gasteiger partial charge in [0.15, 0.2) is 0 Å². The summed E-state index contributed by atoms with van der Waals surface area (Å²) in [5.74, 6) is -0.863. The van der Waals surface area contributed by atoms with E-state index < -0.39 is 29.4 Å². The van der Waals surface area contributed by atoms with Gasteiger partial charge in [0, 0.05) is 24.8 Å². The summed E-state index contributed by atoms with van der Waals surface area (Å²) in [6.07, 6.45) is -3.91. The first-order valence-electron chi connectivity index (χ1n) is 13.3. The zero-order valence-electron chi connectivity index (χ0n) is 23.3. The lowest BCUT2D eigenvalue weighted by atomic mass is 9.95. The predicted octanol–water partition coefficient (Wildman–Crippen LogP) is 4.27. The second kappa shape index (κ2) is 12.1. The van der Waals surface area contributed by atoms with E-state index in [9.17, 15) is 27.6 Å². The second-order valence-corrected chi connectivity index (χ2v) is 11.1. The molecule has 2 aliphatic rings. The normalized spacial score (nSPS) is 21.1. The Hall–Kier alpha value is -3.64. The Kier molecular flexibility index (Phi) is 8.93. The van der Waals surface area contributed by atoms with E-state index >= 15 is 0 Å². The molecular weight excluding hydrogens is 543 g/mol. The molecule has 0 bridgehead atoms. The summed E-state index contributed by atoms with van der Waals surface area (Å²) in [5, 5.41) is 5.46. The number of likely N-dealkylation sites (N-methyl/N-ethyl adjacent to an activating group) is 1. The molecule has 0 radical (unpaired) electrons. The third-order valence-electron chi connectivity index (χ3n) is 6.91. The molecule has 41 heavy (non-hydrogen) atoms. The van der Waals surface area contributed by atoms with Crippen LogP contribution in [0.4, 0.5) is 18.9 Å². The van der Waals surface area contributed by atoms with Crippen molar-refractivity contribution in [2.24, 2.45) is 0 Å². The number of halogens is 3. The number of alkyl halides is 3. The van der Waals surface area contributed by atoms with Gasteiger partial charge in [-0.3, -0.25) is 14.4 Å². The Balaban J connectivity index is 1.39. The van der Waals surface area contributed by atoms with Crippen LogP contribution in [0.5, 0.6) is 5.75 Å². The minimum atomic E-state index is -4.50. The van der Waals surface area contributed by atoms with E-state index in [2.05, 4.69) is 10.6 Å². The van der Waals surface area contributed by atoms with Crippen molar-refractivity contribution in [1.82, 2.24) is 10.2 Å². The quantitative estimate of drug-likeness (QED) is 0.532. The molecule has 1 fully saturated rings. The summed E-state index contributed by atoms with van der Waals surface area (Å²) >= 11 is 0. The van der Waals surface area contributed by atoms with Gasteiger partial charge in [0.05, 0.1) is 28.9 Å². The van der Waals surface area contributed by atoms with Crippen molar-refractivity contribution in [2.75, 3.05) is 32.1 Å². The molecule has 0 aromatic heterocycles. The largest absolute Gasteiger partial charge is 0.490 e. The first kappa shape index (κ1) is 30.3. The summed E-state index contributed by atoms with van der Waals surface area (Å²) in [4.78, 5) is 39.8. The first-order valence-corrected chi connectivity index (χ1v) is 13.3. The van der Waals surface area contributed by atoms with Gasteiger partial charge in [0.2, 0.25) is 5.91 Å². The summed E-state index contributed by atoms with van der Waals surface area (Å²) in [6, 6.07) is 8.18. The van der Waals surface area contributed by atoms with Gasteiger partial charge < -0.3 is 29.7 Å². The number of nitrogens with zero attached hydrogens (tertiary/aromatic N) is 1. The molecule has 222 valence electrons. The van der Waals surface area contributed by atoms with Crippen molar-refractivity contribution in [2.45, 2.75) is 63.6 Å². The Labute approximate surface area is 236 Å². The fourth-order valence-corrected chi connectivity index (χ4v) is 4.68. The maximum Gasteiger partial charge on any atom is 0.416 e. The number of hydrogen-bond donors (Lipinski definition) is 2. The molecule has 2 aromatic rings. The van der Waals surface area contributed by atoms with Gasteiger partial charge in [-0.1, -0.05) is 0 Å². The average molecular weight is 578 g/mol. The van der Waals surface area contributed by atoms with Crippen LogP contribution in [0, 0.1) is 0 Å².